The van der Waals surface area contributed by atoms with Crippen LogP contribution in [0.2, 0.25) is 0 Å². The summed E-state index contributed by atoms with van der Waals surface area (Å²) in [7, 11) is 6.07. The molecule has 0 unspecified atom stereocenters. The van der Waals surface area contributed by atoms with Gasteiger partial charge in [0, 0.05) is 6.07 Å². The van der Waals surface area contributed by atoms with E-state index in [1.165, 1.54) is 21.3 Å². The van der Waals surface area contributed by atoms with E-state index in [0.717, 1.165) is 5.56 Å². The van der Waals surface area contributed by atoms with Crippen LogP contribution >= 0.6 is 0 Å². The van der Waals surface area contributed by atoms with Gasteiger partial charge in [0.15, 0.2) is 17.3 Å². The summed E-state index contributed by atoms with van der Waals surface area (Å²) in [6.45, 7) is 1.73. The first-order valence-corrected chi connectivity index (χ1v) is 7.91. The van der Waals surface area contributed by atoms with Crippen molar-refractivity contribution in [1.82, 2.24) is 0 Å². The quantitative estimate of drug-likeness (QED) is 0.463. The Hall–Kier alpha value is -3.15. The molecule has 138 valence electrons. The van der Waals surface area contributed by atoms with Crippen molar-refractivity contribution in [2.45, 2.75) is 6.92 Å². The van der Waals surface area contributed by atoms with Crippen molar-refractivity contribution in [3.8, 4) is 23.0 Å². The highest BCUT2D eigenvalue weighted by molar-refractivity contribution is 6.13. The Morgan fingerprint density at radius 2 is 1.62 bits per heavy atom. The summed E-state index contributed by atoms with van der Waals surface area (Å²) in [5.74, 6) is 1.65. The van der Waals surface area contributed by atoms with Gasteiger partial charge >= 0.3 is 0 Å². The Balaban J connectivity index is 2.47. The lowest BCUT2D eigenvalue weighted by Crippen LogP contribution is -2.06. The molecule has 0 radical (unpaired) electrons. The van der Waals surface area contributed by atoms with E-state index < -0.39 is 0 Å². The molecular formula is C20H23NO5. The molecule has 0 aliphatic carbocycles. The molecule has 26 heavy (non-hydrogen) atoms. The van der Waals surface area contributed by atoms with E-state index in [9.17, 15) is 4.79 Å². The molecule has 0 aliphatic heterocycles. The molecular weight excluding hydrogens is 334 g/mol. The average Bonchev–Trinajstić information content (AvgIpc) is 2.67. The number of hydrogen-bond donors (Lipinski definition) is 1. The maximum absolute atomic E-state index is 13.0. The van der Waals surface area contributed by atoms with E-state index >= 15 is 0 Å². The molecule has 2 N–H and O–H groups in total. The van der Waals surface area contributed by atoms with Gasteiger partial charge in [-0.15, -0.1) is 0 Å². The third-order valence-corrected chi connectivity index (χ3v) is 3.93. The van der Waals surface area contributed by atoms with Crippen LogP contribution in [0.4, 0.5) is 5.69 Å². The summed E-state index contributed by atoms with van der Waals surface area (Å²) in [4.78, 5) is 13.0. The molecule has 0 spiro atoms. The van der Waals surface area contributed by atoms with E-state index in [0.29, 0.717) is 39.8 Å². The van der Waals surface area contributed by atoms with Gasteiger partial charge in [-0.2, -0.15) is 0 Å². The van der Waals surface area contributed by atoms with Gasteiger partial charge in [-0.25, -0.2) is 0 Å². The van der Waals surface area contributed by atoms with Gasteiger partial charge in [0.25, 0.3) is 0 Å². The van der Waals surface area contributed by atoms with Crippen LogP contribution in [0.3, 0.4) is 0 Å². The maximum atomic E-state index is 13.0. The molecule has 0 aliphatic rings. The van der Waals surface area contributed by atoms with Gasteiger partial charge < -0.3 is 24.7 Å². The summed E-state index contributed by atoms with van der Waals surface area (Å²) in [5, 5.41) is 0. The second-order valence-corrected chi connectivity index (χ2v) is 5.57. The number of methoxy groups -OCH3 is 4. The van der Waals surface area contributed by atoms with Crippen LogP contribution in [-0.4, -0.2) is 34.2 Å². The van der Waals surface area contributed by atoms with Crippen molar-refractivity contribution in [1.29, 1.82) is 0 Å². The predicted octanol–water partition coefficient (Wildman–Crippen LogP) is 3.59. The smallest absolute Gasteiger partial charge is 0.192 e. The monoisotopic (exact) mass is 357 g/mol. The summed E-state index contributed by atoms with van der Waals surface area (Å²) in [6, 6.07) is 8.62. The van der Waals surface area contributed by atoms with Crippen LogP contribution in [0, 0.1) is 0 Å². The zero-order valence-electron chi connectivity index (χ0n) is 15.6. The number of allylic oxidation sites excluding steroid dienone is 1. The minimum absolute atomic E-state index is 0.199. The summed E-state index contributed by atoms with van der Waals surface area (Å²) >= 11 is 0. The van der Waals surface area contributed by atoms with E-state index in [1.807, 2.05) is 6.07 Å². The fourth-order valence-electron chi connectivity index (χ4n) is 2.57. The fourth-order valence-corrected chi connectivity index (χ4v) is 2.57. The topological polar surface area (TPSA) is 80.0 Å². The van der Waals surface area contributed by atoms with E-state index in [1.54, 1.807) is 44.4 Å². The summed E-state index contributed by atoms with van der Waals surface area (Å²) in [5.41, 5.74) is 8.04. The molecule has 0 bridgehead atoms. The number of carbonyl (C=O) groups excluding carboxylic acids is 1. The molecule has 2 rings (SSSR count). The molecule has 6 nitrogen and oxygen atoms in total. The van der Waals surface area contributed by atoms with Crippen molar-refractivity contribution >= 4 is 17.5 Å². The molecule has 0 amide bonds. The molecule has 0 saturated carbocycles. The Labute approximate surface area is 153 Å². The Kier molecular flexibility index (Phi) is 6.11. The van der Waals surface area contributed by atoms with E-state index in [-0.39, 0.29) is 5.78 Å². The van der Waals surface area contributed by atoms with Gasteiger partial charge in [0.05, 0.1) is 39.7 Å². The highest BCUT2D eigenvalue weighted by atomic mass is 16.5. The van der Waals surface area contributed by atoms with Crippen molar-refractivity contribution < 1.29 is 23.7 Å². The highest BCUT2D eigenvalue weighted by Crippen LogP contribution is 2.37. The van der Waals surface area contributed by atoms with Crippen LogP contribution in [0.15, 0.2) is 35.9 Å². The van der Waals surface area contributed by atoms with Gasteiger partial charge in [-0.05, 0) is 42.3 Å². The van der Waals surface area contributed by atoms with Crippen LogP contribution in [-0.2, 0) is 0 Å². The normalized spacial score (nSPS) is 11.0. The number of Topliss-reactive ketones (excluding diaryl/α,β-unsaturated/α-hetero) is 1. The predicted molar refractivity (Wildman–Crippen MR) is 101 cm³/mol. The second-order valence-electron chi connectivity index (χ2n) is 5.57. The number of anilines is 1. The van der Waals surface area contributed by atoms with Gasteiger partial charge in [-0.3, -0.25) is 4.79 Å². The van der Waals surface area contributed by atoms with E-state index in [4.69, 9.17) is 24.7 Å². The Bertz CT molecular complexity index is 842. The van der Waals surface area contributed by atoms with Crippen molar-refractivity contribution in [3.05, 3.63) is 47.0 Å². The van der Waals surface area contributed by atoms with Gasteiger partial charge in [0.1, 0.15) is 11.5 Å². The lowest BCUT2D eigenvalue weighted by atomic mass is 10.0. The number of nitrogens with two attached hydrogens (primary N) is 1. The fraction of sp³-hybridized carbons (Fsp3) is 0.250. The van der Waals surface area contributed by atoms with Crippen LogP contribution in [0.5, 0.6) is 23.0 Å². The average molecular weight is 357 g/mol. The number of nitrogen functional groups attached to an aromatic ring is 1. The van der Waals surface area contributed by atoms with Crippen molar-refractivity contribution in [3.63, 3.8) is 0 Å². The first-order valence-electron chi connectivity index (χ1n) is 7.91. The van der Waals surface area contributed by atoms with Crippen LogP contribution in [0.1, 0.15) is 22.8 Å². The zero-order chi connectivity index (χ0) is 19.3. The van der Waals surface area contributed by atoms with E-state index in [2.05, 4.69) is 0 Å². The first-order chi connectivity index (χ1) is 12.4. The molecule has 2 aromatic rings. The second kappa shape index (κ2) is 8.29. The molecule has 6 heteroatoms. The Morgan fingerprint density at radius 3 is 2.19 bits per heavy atom. The highest BCUT2D eigenvalue weighted by Gasteiger charge is 2.20. The summed E-state index contributed by atoms with van der Waals surface area (Å²) in [6.07, 6.45) is 1.76. The van der Waals surface area contributed by atoms with Crippen molar-refractivity contribution in [2.24, 2.45) is 0 Å². The standard InChI is InChI=1S/C20H23NO5/c1-12(8-13-6-7-16(21)17(9-13)24-3)19(22)15-10-14(23-2)11-18(25-4)20(15)26-5/h6-11H,21H2,1-5H3. The van der Waals surface area contributed by atoms with Gasteiger partial charge in [0.2, 0.25) is 0 Å². The number of benzene rings is 2. The number of carbonyl (C=O) groups is 1. The largest absolute Gasteiger partial charge is 0.497 e. The first kappa shape index (κ1) is 19.2. The minimum atomic E-state index is -0.199. The third-order valence-electron chi connectivity index (χ3n) is 3.93. The summed E-state index contributed by atoms with van der Waals surface area (Å²) < 4.78 is 21.1. The lowest BCUT2D eigenvalue weighted by Gasteiger charge is -2.14. The van der Waals surface area contributed by atoms with Crippen LogP contribution < -0.4 is 24.7 Å². The molecule has 0 aromatic heterocycles. The third kappa shape index (κ3) is 3.91. The zero-order valence-corrected chi connectivity index (χ0v) is 15.6. The number of rotatable bonds is 7. The van der Waals surface area contributed by atoms with Crippen molar-refractivity contribution in [2.75, 3.05) is 34.2 Å². The molecule has 0 atom stereocenters. The maximum Gasteiger partial charge on any atom is 0.192 e. The molecule has 0 saturated heterocycles. The SMILES string of the molecule is COc1cc(OC)c(OC)c(C(=O)C(C)=Cc2ccc(N)c(OC)c2)c1. The molecule has 2 aromatic carbocycles. The van der Waals surface area contributed by atoms with Crippen LogP contribution in [0.25, 0.3) is 6.08 Å². The van der Waals surface area contributed by atoms with Gasteiger partial charge in [-0.1, -0.05) is 6.07 Å². The number of ether oxygens (including phenoxy) is 4. The molecule has 0 fully saturated rings. The minimum Gasteiger partial charge on any atom is -0.497 e. The molecule has 0 heterocycles. The lowest BCUT2D eigenvalue weighted by molar-refractivity contribution is 0.103. The number of ketones is 1. The Morgan fingerprint density at radius 1 is 0.923 bits per heavy atom. The number of hydrogen-bond acceptors (Lipinski definition) is 6.